The van der Waals surface area contributed by atoms with Crippen LogP contribution in [0.25, 0.3) is 0 Å². The Morgan fingerprint density at radius 2 is 2.11 bits per heavy atom. The van der Waals surface area contributed by atoms with Crippen LogP contribution in [0.3, 0.4) is 0 Å². The van der Waals surface area contributed by atoms with E-state index in [-0.39, 0.29) is 11.8 Å². The molecule has 0 aliphatic carbocycles. The summed E-state index contributed by atoms with van der Waals surface area (Å²) in [6, 6.07) is 5.63. The number of hydrogen-bond acceptors (Lipinski definition) is 4. The van der Waals surface area contributed by atoms with Gasteiger partial charge in [-0.15, -0.1) is 0 Å². The Kier molecular flexibility index (Phi) is 4.68. The summed E-state index contributed by atoms with van der Waals surface area (Å²) in [5.41, 5.74) is 0.813. The smallest absolute Gasteiger partial charge is 0.212 e. The van der Waals surface area contributed by atoms with Gasteiger partial charge in [-0.3, -0.25) is 4.98 Å². The maximum Gasteiger partial charge on any atom is 0.212 e. The van der Waals surface area contributed by atoms with E-state index < -0.39 is 10.0 Å². The van der Waals surface area contributed by atoms with Crippen molar-refractivity contribution < 1.29 is 8.42 Å². The lowest BCUT2D eigenvalue weighted by molar-refractivity contribution is 0.427. The number of pyridine rings is 1. The second-order valence-electron chi connectivity index (χ2n) is 4.53. The van der Waals surface area contributed by atoms with Crippen LogP contribution in [0, 0.1) is 0 Å². The molecule has 0 radical (unpaired) electrons. The van der Waals surface area contributed by atoms with Crippen molar-refractivity contribution in [3.05, 3.63) is 30.1 Å². The van der Waals surface area contributed by atoms with Crippen LogP contribution in [0.2, 0.25) is 0 Å². The molecule has 0 saturated carbocycles. The van der Waals surface area contributed by atoms with Crippen LogP contribution in [-0.2, 0) is 16.4 Å². The van der Waals surface area contributed by atoms with Crippen LogP contribution in [0.4, 0.5) is 0 Å². The SMILES string of the molecule is O=S(=O)(CCc1ccccn1)NC1CCNCC1. The number of aromatic nitrogens is 1. The molecular weight excluding hydrogens is 250 g/mol. The number of rotatable bonds is 5. The molecule has 2 heterocycles. The molecule has 1 aromatic heterocycles. The van der Waals surface area contributed by atoms with Crippen molar-refractivity contribution in [1.29, 1.82) is 0 Å². The van der Waals surface area contributed by atoms with Crippen molar-refractivity contribution >= 4 is 10.0 Å². The van der Waals surface area contributed by atoms with E-state index in [9.17, 15) is 8.42 Å². The number of nitrogens with one attached hydrogen (secondary N) is 2. The topological polar surface area (TPSA) is 71.1 Å². The summed E-state index contributed by atoms with van der Waals surface area (Å²) in [6.45, 7) is 1.76. The summed E-state index contributed by atoms with van der Waals surface area (Å²) >= 11 is 0. The molecule has 0 unspecified atom stereocenters. The molecule has 1 aliphatic rings. The highest BCUT2D eigenvalue weighted by Crippen LogP contribution is 2.05. The maximum atomic E-state index is 11.9. The van der Waals surface area contributed by atoms with Crippen molar-refractivity contribution in [2.45, 2.75) is 25.3 Å². The van der Waals surface area contributed by atoms with E-state index >= 15 is 0 Å². The molecule has 1 fully saturated rings. The molecule has 5 nitrogen and oxygen atoms in total. The third-order valence-corrected chi connectivity index (χ3v) is 4.47. The molecular formula is C12H19N3O2S. The van der Waals surface area contributed by atoms with Gasteiger partial charge in [-0.05, 0) is 38.1 Å². The third-order valence-electron chi connectivity index (χ3n) is 3.04. The highest BCUT2D eigenvalue weighted by molar-refractivity contribution is 7.89. The van der Waals surface area contributed by atoms with Crippen LogP contribution >= 0.6 is 0 Å². The van der Waals surface area contributed by atoms with Crippen LogP contribution in [-0.4, -0.2) is 38.3 Å². The zero-order valence-corrected chi connectivity index (χ0v) is 11.1. The molecule has 100 valence electrons. The molecule has 1 aliphatic heterocycles. The van der Waals surface area contributed by atoms with Gasteiger partial charge < -0.3 is 5.32 Å². The minimum Gasteiger partial charge on any atom is -0.317 e. The predicted molar refractivity (Wildman–Crippen MR) is 70.8 cm³/mol. The fourth-order valence-corrected chi connectivity index (χ4v) is 3.38. The average Bonchev–Trinajstić information content (AvgIpc) is 2.38. The maximum absolute atomic E-state index is 11.9. The van der Waals surface area contributed by atoms with Gasteiger partial charge in [-0.2, -0.15) is 0 Å². The number of sulfonamides is 1. The second kappa shape index (κ2) is 6.26. The molecule has 0 spiro atoms. The quantitative estimate of drug-likeness (QED) is 0.806. The first-order chi connectivity index (χ1) is 8.66. The standard InChI is InChI=1S/C12H19N3O2S/c16-18(17,15-12-4-8-13-9-5-12)10-6-11-3-1-2-7-14-11/h1-3,7,12-13,15H,4-6,8-10H2. The first-order valence-corrected chi connectivity index (χ1v) is 7.91. The van der Waals surface area contributed by atoms with E-state index in [4.69, 9.17) is 0 Å². The molecule has 2 rings (SSSR count). The largest absolute Gasteiger partial charge is 0.317 e. The number of nitrogens with zero attached hydrogens (tertiary/aromatic N) is 1. The van der Waals surface area contributed by atoms with Gasteiger partial charge in [0.2, 0.25) is 10.0 Å². The Morgan fingerprint density at radius 1 is 1.33 bits per heavy atom. The zero-order valence-electron chi connectivity index (χ0n) is 10.3. The molecule has 0 aromatic carbocycles. The molecule has 6 heteroatoms. The first-order valence-electron chi connectivity index (χ1n) is 6.26. The number of aryl methyl sites for hydroxylation is 1. The highest BCUT2D eigenvalue weighted by atomic mass is 32.2. The van der Waals surface area contributed by atoms with Crippen LogP contribution < -0.4 is 10.0 Å². The lowest BCUT2D eigenvalue weighted by Crippen LogP contribution is -2.43. The van der Waals surface area contributed by atoms with Gasteiger partial charge in [0.1, 0.15) is 0 Å². The molecule has 0 bridgehead atoms. The van der Waals surface area contributed by atoms with Gasteiger partial charge in [-0.25, -0.2) is 13.1 Å². The van der Waals surface area contributed by atoms with Crippen molar-refractivity contribution in [2.75, 3.05) is 18.8 Å². The van der Waals surface area contributed by atoms with E-state index in [2.05, 4.69) is 15.0 Å². The highest BCUT2D eigenvalue weighted by Gasteiger charge is 2.19. The van der Waals surface area contributed by atoms with E-state index in [1.54, 1.807) is 6.20 Å². The fraction of sp³-hybridized carbons (Fsp3) is 0.583. The van der Waals surface area contributed by atoms with E-state index in [0.717, 1.165) is 31.6 Å². The zero-order chi connectivity index (χ0) is 12.8. The first kappa shape index (κ1) is 13.5. The summed E-state index contributed by atoms with van der Waals surface area (Å²) < 4.78 is 26.6. The Labute approximate surface area is 108 Å². The fourth-order valence-electron chi connectivity index (χ4n) is 2.04. The third kappa shape index (κ3) is 4.36. The van der Waals surface area contributed by atoms with Crippen LogP contribution in [0.15, 0.2) is 24.4 Å². The normalized spacial score (nSPS) is 17.8. The molecule has 0 atom stereocenters. The Bertz CT molecular complexity index is 455. The molecule has 1 aromatic rings. The average molecular weight is 269 g/mol. The van der Waals surface area contributed by atoms with Gasteiger partial charge in [0.25, 0.3) is 0 Å². The lowest BCUT2D eigenvalue weighted by atomic mass is 10.1. The molecule has 18 heavy (non-hydrogen) atoms. The summed E-state index contributed by atoms with van der Waals surface area (Å²) in [4.78, 5) is 4.13. The van der Waals surface area contributed by atoms with Gasteiger partial charge >= 0.3 is 0 Å². The molecule has 0 amide bonds. The minimum absolute atomic E-state index is 0.0833. The van der Waals surface area contributed by atoms with Gasteiger partial charge in [0.15, 0.2) is 0 Å². The lowest BCUT2D eigenvalue weighted by Gasteiger charge is -2.23. The van der Waals surface area contributed by atoms with Crippen LogP contribution in [0.5, 0.6) is 0 Å². The summed E-state index contributed by atoms with van der Waals surface area (Å²) in [5, 5.41) is 3.21. The summed E-state index contributed by atoms with van der Waals surface area (Å²) in [5.74, 6) is 0.105. The molecule has 2 N–H and O–H groups in total. The van der Waals surface area contributed by atoms with E-state index in [0.29, 0.717) is 6.42 Å². The van der Waals surface area contributed by atoms with Gasteiger partial charge in [0, 0.05) is 24.4 Å². The van der Waals surface area contributed by atoms with Crippen molar-refractivity contribution in [2.24, 2.45) is 0 Å². The van der Waals surface area contributed by atoms with E-state index in [1.807, 2.05) is 18.2 Å². The van der Waals surface area contributed by atoms with Crippen molar-refractivity contribution in [3.63, 3.8) is 0 Å². The second-order valence-corrected chi connectivity index (χ2v) is 6.41. The Hall–Kier alpha value is -0.980. The monoisotopic (exact) mass is 269 g/mol. The van der Waals surface area contributed by atoms with Gasteiger partial charge in [-0.1, -0.05) is 6.07 Å². The summed E-state index contributed by atoms with van der Waals surface area (Å²) in [6.07, 6.45) is 3.87. The van der Waals surface area contributed by atoms with Crippen molar-refractivity contribution in [1.82, 2.24) is 15.0 Å². The Morgan fingerprint density at radius 3 is 2.78 bits per heavy atom. The predicted octanol–water partition coefficient (Wildman–Crippen LogP) is 0.295. The van der Waals surface area contributed by atoms with Crippen molar-refractivity contribution in [3.8, 4) is 0 Å². The summed E-state index contributed by atoms with van der Waals surface area (Å²) in [7, 11) is -3.20. The molecule has 1 saturated heterocycles. The Balaban J connectivity index is 1.83. The number of piperidine rings is 1. The minimum atomic E-state index is -3.20. The van der Waals surface area contributed by atoms with Gasteiger partial charge in [0.05, 0.1) is 5.75 Å². The van der Waals surface area contributed by atoms with E-state index in [1.165, 1.54) is 0 Å². The number of hydrogen-bond donors (Lipinski definition) is 2. The van der Waals surface area contributed by atoms with Crippen LogP contribution in [0.1, 0.15) is 18.5 Å².